The summed E-state index contributed by atoms with van der Waals surface area (Å²) in [5.74, 6) is 0.579. The molecule has 1 aromatic rings. The lowest BCUT2D eigenvalue weighted by molar-refractivity contribution is 0.0378. The fraction of sp³-hybridized carbons (Fsp3) is 0.533. The Morgan fingerprint density at radius 3 is 1.76 bits per heavy atom. The molecule has 17 heavy (non-hydrogen) atoms. The number of ether oxygens (including phenoxy) is 1. The summed E-state index contributed by atoms with van der Waals surface area (Å²) in [6, 6.07) is 7.36. The third-order valence-corrected chi connectivity index (χ3v) is 1.63. The second-order valence-corrected chi connectivity index (χ2v) is 5.05. The van der Waals surface area contributed by atoms with Gasteiger partial charge in [-0.05, 0) is 38.8 Å². The van der Waals surface area contributed by atoms with E-state index in [4.69, 9.17) is 4.74 Å². The molecular formula is C15H24O2. The Bertz CT molecular complexity index is 321. The Hall–Kier alpha value is -1.31. The van der Waals surface area contributed by atoms with E-state index >= 15 is 0 Å². The quantitative estimate of drug-likeness (QED) is 0.718. The molecule has 2 nitrogen and oxygen atoms in total. The molecule has 0 fully saturated rings. The molecule has 0 saturated carbocycles. The highest BCUT2D eigenvalue weighted by Crippen LogP contribution is 2.05. The van der Waals surface area contributed by atoms with Crippen LogP contribution < -0.4 is 0 Å². The topological polar surface area (TPSA) is 26.3 Å². The van der Waals surface area contributed by atoms with E-state index in [1.807, 2.05) is 32.9 Å². The van der Waals surface area contributed by atoms with E-state index in [2.05, 4.69) is 20.8 Å². The summed E-state index contributed by atoms with van der Waals surface area (Å²) in [5, 5.41) is 0. The van der Waals surface area contributed by atoms with Gasteiger partial charge in [-0.25, -0.2) is 4.79 Å². The summed E-state index contributed by atoms with van der Waals surface area (Å²) in [5.41, 5.74) is 1.75. The molecule has 0 aliphatic heterocycles. The molecule has 2 heteroatoms. The van der Waals surface area contributed by atoms with Crippen LogP contribution in [0.1, 0.15) is 50.5 Å². The normalized spacial score (nSPS) is 9.88. The Morgan fingerprint density at radius 2 is 1.41 bits per heavy atom. The van der Waals surface area contributed by atoms with Gasteiger partial charge in [-0.1, -0.05) is 38.5 Å². The summed E-state index contributed by atoms with van der Waals surface area (Å²) >= 11 is 0. The number of aryl methyl sites for hydroxylation is 1. The average molecular weight is 236 g/mol. The molecule has 0 spiro atoms. The maximum absolute atomic E-state index is 11.3. The zero-order chi connectivity index (χ0) is 13.4. The third-order valence-electron chi connectivity index (χ3n) is 1.63. The van der Waals surface area contributed by atoms with Gasteiger partial charge in [0.25, 0.3) is 0 Å². The second kappa shape index (κ2) is 7.88. The van der Waals surface area contributed by atoms with Gasteiger partial charge in [-0.2, -0.15) is 0 Å². The molecule has 1 aromatic carbocycles. The van der Waals surface area contributed by atoms with Gasteiger partial charge in [0.05, 0.1) is 11.7 Å². The minimum Gasteiger partial charge on any atom is -0.459 e. The van der Waals surface area contributed by atoms with Crippen molar-refractivity contribution in [3.8, 4) is 0 Å². The summed E-state index contributed by atoms with van der Waals surface area (Å²) in [7, 11) is 0. The number of benzene rings is 1. The predicted molar refractivity (Wildman–Crippen MR) is 72.2 cm³/mol. The van der Waals surface area contributed by atoms with Crippen molar-refractivity contribution >= 4 is 5.97 Å². The van der Waals surface area contributed by atoms with E-state index in [0.29, 0.717) is 5.56 Å². The van der Waals surface area contributed by atoms with Crippen LogP contribution in [0, 0.1) is 12.8 Å². The molecule has 0 aromatic heterocycles. The monoisotopic (exact) mass is 236 g/mol. The lowest BCUT2D eigenvalue weighted by atomic mass is 10.1. The van der Waals surface area contributed by atoms with Crippen molar-refractivity contribution in [3.63, 3.8) is 0 Å². The number of hydrogen-bond donors (Lipinski definition) is 0. The van der Waals surface area contributed by atoms with Gasteiger partial charge in [0.15, 0.2) is 0 Å². The average Bonchev–Trinajstić information content (AvgIpc) is 2.16. The molecule has 1 rings (SSSR count). The summed E-state index contributed by atoms with van der Waals surface area (Å²) in [6.45, 7) is 12.2. The van der Waals surface area contributed by atoms with Crippen molar-refractivity contribution in [3.05, 3.63) is 35.4 Å². The number of hydrogen-bond acceptors (Lipinski definition) is 2. The maximum Gasteiger partial charge on any atom is 0.338 e. The molecule has 0 atom stereocenters. The van der Waals surface area contributed by atoms with Crippen molar-refractivity contribution < 1.29 is 9.53 Å². The molecule has 0 aliphatic rings. The fourth-order valence-electron chi connectivity index (χ4n) is 0.972. The Morgan fingerprint density at radius 1 is 1.00 bits per heavy atom. The molecule has 0 radical (unpaired) electrons. The van der Waals surface area contributed by atoms with Crippen molar-refractivity contribution in [2.75, 3.05) is 0 Å². The van der Waals surface area contributed by atoms with Crippen LogP contribution in [0.5, 0.6) is 0 Å². The summed E-state index contributed by atoms with van der Waals surface area (Å²) in [4.78, 5) is 11.3. The van der Waals surface area contributed by atoms with Crippen LogP contribution in [0.25, 0.3) is 0 Å². The largest absolute Gasteiger partial charge is 0.459 e. The highest BCUT2D eigenvalue weighted by Gasteiger charge is 2.07. The minimum atomic E-state index is -0.255. The zero-order valence-electron chi connectivity index (χ0n) is 11.8. The first kappa shape index (κ1) is 15.7. The van der Waals surface area contributed by atoms with Crippen LogP contribution in [0.2, 0.25) is 0 Å². The molecule has 0 amide bonds. The van der Waals surface area contributed by atoms with Gasteiger partial charge in [-0.15, -0.1) is 0 Å². The van der Waals surface area contributed by atoms with Crippen LogP contribution in [0.15, 0.2) is 24.3 Å². The van der Waals surface area contributed by atoms with Gasteiger partial charge >= 0.3 is 5.97 Å². The number of rotatable bonds is 2. The van der Waals surface area contributed by atoms with E-state index in [9.17, 15) is 4.79 Å². The fourth-order valence-corrected chi connectivity index (χ4v) is 0.972. The van der Waals surface area contributed by atoms with Crippen molar-refractivity contribution in [2.24, 2.45) is 5.92 Å². The van der Waals surface area contributed by atoms with E-state index in [1.54, 1.807) is 12.1 Å². The van der Waals surface area contributed by atoms with E-state index < -0.39 is 0 Å². The highest BCUT2D eigenvalue weighted by molar-refractivity contribution is 5.89. The maximum atomic E-state index is 11.3. The molecule has 0 N–H and O–H groups in total. The summed E-state index contributed by atoms with van der Waals surface area (Å²) < 4.78 is 5.04. The van der Waals surface area contributed by atoms with Crippen LogP contribution in [-0.2, 0) is 4.74 Å². The van der Waals surface area contributed by atoms with Gasteiger partial charge in [-0.3, -0.25) is 0 Å². The van der Waals surface area contributed by atoms with Crippen LogP contribution in [0.4, 0.5) is 0 Å². The van der Waals surface area contributed by atoms with Crippen LogP contribution >= 0.6 is 0 Å². The van der Waals surface area contributed by atoms with Gasteiger partial charge in [0.1, 0.15) is 0 Å². The molecule has 0 aliphatic carbocycles. The highest BCUT2D eigenvalue weighted by atomic mass is 16.5. The zero-order valence-corrected chi connectivity index (χ0v) is 11.8. The van der Waals surface area contributed by atoms with E-state index in [1.165, 1.54) is 0 Å². The van der Waals surface area contributed by atoms with E-state index in [-0.39, 0.29) is 12.1 Å². The van der Waals surface area contributed by atoms with Gasteiger partial charge < -0.3 is 4.74 Å². The third kappa shape index (κ3) is 8.49. The minimum absolute atomic E-state index is 0.0613. The molecule has 0 bridgehead atoms. The van der Waals surface area contributed by atoms with Crippen molar-refractivity contribution in [1.82, 2.24) is 0 Å². The molecular weight excluding hydrogens is 212 g/mol. The first-order chi connectivity index (χ1) is 7.82. The molecule has 0 saturated heterocycles. The Labute approximate surface area is 105 Å². The lowest BCUT2D eigenvalue weighted by Gasteiger charge is -2.07. The number of carbonyl (C=O) groups excluding carboxylic acids is 1. The molecule has 0 unspecified atom stereocenters. The first-order valence-corrected chi connectivity index (χ1v) is 6.10. The summed E-state index contributed by atoms with van der Waals surface area (Å²) in [6.07, 6.45) is -0.0613. The predicted octanol–water partition coefficient (Wildman–Crippen LogP) is 4.22. The van der Waals surface area contributed by atoms with E-state index in [0.717, 1.165) is 11.5 Å². The van der Waals surface area contributed by atoms with Crippen LogP contribution in [-0.4, -0.2) is 12.1 Å². The Kier molecular flexibility index (Phi) is 7.27. The molecule has 96 valence electrons. The number of esters is 1. The smallest absolute Gasteiger partial charge is 0.338 e. The SMILES string of the molecule is CC(C)C.Cc1ccc(C(=O)OC(C)C)cc1. The Balaban J connectivity index is 0.000000557. The molecule has 0 heterocycles. The van der Waals surface area contributed by atoms with Crippen molar-refractivity contribution in [1.29, 1.82) is 0 Å². The standard InChI is InChI=1S/C11H14O2.C4H10/c1-8(2)13-11(12)10-6-4-9(3)5-7-10;1-4(2)3/h4-8H,1-3H3;4H,1-3H3. The first-order valence-electron chi connectivity index (χ1n) is 6.10. The lowest BCUT2D eigenvalue weighted by Crippen LogP contribution is -2.11. The van der Waals surface area contributed by atoms with Gasteiger partial charge in [0.2, 0.25) is 0 Å². The second-order valence-electron chi connectivity index (χ2n) is 5.05. The van der Waals surface area contributed by atoms with Gasteiger partial charge in [0, 0.05) is 0 Å². The van der Waals surface area contributed by atoms with Crippen LogP contribution in [0.3, 0.4) is 0 Å². The van der Waals surface area contributed by atoms with Crippen molar-refractivity contribution in [2.45, 2.75) is 47.6 Å². The number of carbonyl (C=O) groups is 1.